The van der Waals surface area contributed by atoms with Gasteiger partial charge in [0.1, 0.15) is 12.4 Å². The lowest BCUT2D eigenvalue weighted by atomic mass is 10.2. The van der Waals surface area contributed by atoms with Gasteiger partial charge in [-0.25, -0.2) is 4.79 Å². The summed E-state index contributed by atoms with van der Waals surface area (Å²) in [5, 5.41) is 8.89. The summed E-state index contributed by atoms with van der Waals surface area (Å²) in [5.74, 6) is -0.310. The minimum atomic E-state index is -0.927. The standard InChI is InChI=1S/C15H23NO3/c1-3-5-9-16(4-2)10-11-19-14-8-6-7-13(12-14)15(17)18/h6-8,12H,3-5,9-11H2,1-2H3,(H,17,18). The smallest absolute Gasteiger partial charge is 0.335 e. The average molecular weight is 265 g/mol. The molecule has 0 fully saturated rings. The van der Waals surface area contributed by atoms with E-state index < -0.39 is 5.97 Å². The Labute approximate surface area is 115 Å². The van der Waals surface area contributed by atoms with Crippen LogP contribution in [0.4, 0.5) is 0 Å². The summed E-state index contributed by atoms with van der Waals surface area (Å²) >= 11 is 0. The Morgan fingerprint density at radius 3 is 2.74 bits per heavy atom. The highest BCUT2D eigenvalue weighted by Gasteiger charge is 2.05. The second kappa shape index (κ2) is 8.53. The van der Waals surface area contributed by atoms with Crippen LogP contribution in [0.3, 0.4) is 0 Å². The molecule has 4 heteroatoms. The van der Waals surface area contributed by atoms with Gasteiger partial charge >= 0.3 is 5.97 Å². The first-order valence-electron chi connectivity index (χ1n) is 6.85. The molecule has 106 valence electrons. The molecule has 0 aliphatic rings. The maximum atomic E-state index is 10.8. The largest absolute Gasteiger partial charge is 0.492 e. The maximum Gasteiger partial charge on any atom is 0.335 e. The third-order valence-corrected chi connectivity index (χ3v) is 3.03. The van der Waals surface area contributed by atoms with E-state index in [2.05, 4.69) is 18.7 Å². The van der Waals surface area contributed by atoms with Crippen LogP contribution in [0, 0.1) is 0 Å². The van der Waals surface area contributed by atoms with E-state index >= 15 is 0 Å². The van der Waals surface area contributed by atoms with Crippen molar-refractivity contribution in [3.05, 3.63) is 29.8 Å². The number of carbonyl (C=O) groups is 1. The zero-order valence-corrected chi connectivity index (χ0v) is 11.8. The predicted octanol–water partition coefficient (Wildman–Crippen LogP) is 2.89. The molecule has 1 aromatic rings. The van der Waals surface area contributed by atoms with Crippen molar-refractivity contribution in [1.29, 1.82) is 0 Å². The van der Waals surface area contributed by atoms with Crippen molar-refractivity contribution in [2.24, 2.45) is 0 Å². The van der Waals surface area contributed by atoms with Gasteiger partial charge in [0.05, 0.1) is 5.56 Å². The van der Waals surface area contributed by atoms with E-state index in [1.807, 2.05) is 0 Å². The molecule has 19 heavy (non-hydrogen) atoms. The Morgan fingerprint density at radius 2 is 2.11 bits per heavy atom. The van der Waals surface area contributed by atoms with Crippen molar-refractivity contribution in [2.45, 2.75) is 26.7 Å². The van der Waals surface area contributed by atoms with Crippen LogP contribution in [0.15, 0.2) is 24.3 Å². The molecule has 1 N–H and O–H groups in total. The predicted molar refractivity (Wildman–Crippen MR) is 75.9 cm³/mol. The van der Waals surface area contributed by atoms with Crippen LogP contribution in [0.2, 0.25) is 0 Å². The number of ether oxygens (including phenoxy) is 1. The Kier molecular flexibility index (Phi) is 6.97. The third-order valence-electron chi connectivity index (χ3n) is 3.03. The van der Waals surface area contributed by atoms with Crippen molar-refractivity contribution >= 4 is 5.97 Å². The number of aromatic carboxylic acids is 1. The zero-order valence-electron chi connectivity index (χ0n) is 11.8. The van der Waals surface area contributed by atoms with E-state index in [1.165, 1.54) is 12.8 Å². The third kappa shape index (κ3) is 5.75. The number of carboxylic acids is 1. The topological polar surface area (TPSA) is 49.8 Å². The van der Waals surface area contributed by atoms with Crippen LogP contribution >= 0.6 is 0 Å². The van der Waals surface area contributed by atoms with Gasteiger partial charge in [-0.3, -0.25) is 0 Å². The van der Waals surface area contributed by atoms with Crippen molar-refractivity contribution in [3.63, 3.8) is 0 Å². The second-order valence-electron chi connectivity index (χ2n) is 4.47. The molecular weight excluding hydrogens is 242 g/mol. The zero-order chi connectivity index (χ0) is 14.1. The van der Waals surface area contributed by atoms with Gasteiger partial charge in [0, 0.05) is 6.54 Å². The SMILES string of the molecule is CCCCN(CC)CCOc1cccc(C(=O)O)c1. The fourth-order valence-corrected chi connectivity index (χ4v) is 1.82. The maximum absolute atomic E-state index is 10.8. The minimum absolute atomic E-state index is 0.260. The van der Waals surface area contributed by atoms with Crippen LogP contribution < -0.4 is 4.74 Å². The molecule has 0 aromatic heterocycles. The molecule has 0 aliphatic heterocycles. The summed E-state index contributed by atoms with van der Waals surface area (Å²) in [4.78, 5) is 13.2. The van der Waals surface area contributed by atoms with Gasteiger partial charge < -0.3 is 14.7 Å². The van der Waals surface area contributed by atoms with Gasteiger partial charge in [0.15, 0.2) is 0 Å². The number of unbranched alkanes of at least 4 members (excludes halogenated alkanes) is 1. The number of rotatable bonds is 9. The normalized spacial score (nSPS) is 10.7. The highest BCUT2D eigenvalue weighted by molar-refractivity contribution is 5.87. The molecule has 4 nitrogen and oxygen atoms in total. The van der Waals surface area contributed by atoms with E-state index in [1.54, 1.807) is 24.3 Å². The highest BCUT2D eigenvalue weighted by Crippen LogP contribution is 2.13. The molecule has 0 saturated heterocycles. The first kappa shape index (κ1) is 15.5. The first-order valence-corrected chi connectivity index (χ1v) is 6.85. The molecule has 0 saturated carbocycles. The molecule has 1 rings (SSSR count). The molecule has 0 unspecified atom stereocenters. The van der Waals surface area contributed by atoms with Crippen molar-refractivity contribution in [2.75, 3.05) is 26.2 Å². The molecule has 0 radical (unpaired) electrons. The van der Waals surface area contributed by atoms with Gasteiger partial charge in [-0.2, -0.15) is 0 Å². The quantitative estimate of drug-likeness (QED) is 0.746. The summed E-state index contributed by atoms with van der Waals surface area (Å²) in [5.41, 5.74) is 0.260. The molecule has 0 amide bonds. The van der Waals surface area contributed by atoms with Crippen LogP contribution in [-0.2, 0) is 0 Å². The van der Waals surface area contributed by atoms with Crippen LogP contribution in [0.1, 0.15) is 37.0 Å². The van der Waals surface area contributed by atoms with Gasteiger partial charge in [-0.1, -0.05) is 26.3 Å². The molecule has 0 spiro atoms. The van der Waals surface area contributed by atoms with Gasteiger partial charge in [0.25, 0.3) is 0 Å². The fourth-order valence-electron chi connectivity index (χ4n) is 1.82. The fraction of sp³-hybridized carbons (Fsp3) is 0.533. The highest BCUT2D eigenvalue weighted by atomic mass is 16.5. The minimum Gasteiger partial charge on any atom is -0.492 e. The average Bonchev–Trinajstić information content (AvgIpc) is 2.43. The molecule has 0 bridgehead atoms. The Hall–Kier alpha value is -1.55. The van der Waals surface area contributed by atoms with Gasteiger partial charge in [0.2, 0.25) is 0 Å². The van der Waals surface area contributed by atoms with E-state index in [4.69, 9.17) is 9.84 Å². The number of hydrogen-bond acceptors (Lipinski definition) is 3. The number of carboxylic acid groups (broad SMARTS) is 1. The summed E-state index contributed by atoms with van der Waals surface area (Å²) < 4.78 is 5.60. The van der Waals surface area contributed by atoms with Gasteiger partial charge in [-0.05, 0) is 37.7 Å². The lowest BCUT2D eigenvalue weighted by molar-refractivity contribution is 0.0696. The summed E-state index contributed by atoms with van der Waals surface area (Å²) in [7, 11) is 0. The number of hydrogen-bond donors (Lipinski definition) is 1. The lowest BCUT2D eigenvalue weighted by Gasteiger charge is -2.20. The Bertz CT molecular complexity index is 393. The second-order valence-corrected chi connectivity index (χ2v) is 4.47. The first-order chi connectivity index (χ1) is 9.17. The lowest BCUT2D eigenvalue weighted by Crippen LogP contribution is -2.29. The molecule has 0 atom stereocenters. The Morgan fingerprint density at radius 1 is 1.32 bits per heavy atom. The molecule has 0 heterocycles. The van der Waals surface area contributed by atoms with Crippen LogP contribution in [-0.4, -0.2) is 42.2 Å². The van der Waals surface area contributed by atoms with E-state index in [9.17, 15) is 4.79 Å². The van der Waals surface area contributed by atoms with Crippen molar-refractivity contribution in [3.8, 4) is 5.75 Å². The molecular formula is C15H23NO3. The van der Waals surface area contributed by atoms with E-state index in [0.29, 0.717) is 12.4 Å². The monoisotopic (exact) mass is 265 g/mol. The van der Waals surface area contributed by atoms with Crippen molar-refractivity contribution < 1.29 is 14.6 Å². The van der Waals surface area contributed by atoms with E-state index in [0.717, 1.165) is 19.6 Å². The number of benzene rings is 1. The van der Waals surface area contributed by atoms with E-state index in [-0.39, 0.29) is 5.56 Å². The number of nitrogens with zero attached hydrogens (tertiary/aromatic N) is 1. The summed E-state index contributed by atoms with van der Waals surface area (Å²) in [6.07, 6.45) is 2.39. The van der Waals surface area contributed by atoms with Crippen LogP contribution in [0.25, 0.3) is 0 Å². The summed E-state index contributed by atoms with van der Waals surface area (Å²) in [6.45, 7) is 7.88. The van der Waals surface area contributed by atoms with Gasteiger partial charge in [-0.15, -0.1) is 0 Å². The Balaban J connectivity index is 2.39. The van der Waals surface area contributed by atoms with Crippen LogP contribution in [0.5, 0.6) is 5.75 Å². The molecule has 1 aromatic carbocycles. The number of likely N-dealkylation sites (N-methyl/N-ethyl adjacent to an activating group) is 1. The van der Waals surface area contributed by atoms with Crippen molar-refractivity contribution in [1.82, 2.24) is 4.90 Å². The summed E-state index contributed by atoms with van der Waals surface area (Å²) in [6, 6.07) is 6.61. The molecule has 0 aliphatic carbocycles.